The highest BCUT2D eigenvalue weighted by Gasteiger charge is 2.21. The summed E-state index contributed by atoms with van der Waals surface area (Å²) in [5.41, 5.74) is 0.765. The second kappa shape index (κ2) is 6.74. The molecule has 120 valence electrons. The van der Waals surface area contributed by atoms with Crippen LogP contribution in [0.15, 0.2) is 35.5 Å². The molecule has 22 heavy (non-hydrogen) atoms. The maximum Gasteiger partial charge on any atom is 0.241 e. The number of nitrogens with one attached hydrogen (secondary N) is 1. The molecule has 2 N–H and O–H groups in total. The van der Waals surface area contributed by atoms with Crippen molar-refractivity contribution in [3.63, 3.8) is 0 Å². The van der Waals surface area contributed by atoms with E-state index in [0.29, 0.717) is 0 Å². The number of hydrogen-bond donors (Lipinski definition) is 2. The van der Waals surface area contributed by atoms with Crippen LogP contribution in [0.4, 0.5) is 4.39 Å². The van der Waals surface area contributed by atoms with Crippen LogP contribution < -0.4 is 4.72 Å². The van der Waals surface area contributed by atoms with Crippen LogP contribution in [-0.4, -0.2) is 36.0 Å². The van der Waals surface area contributed by atoms with Crippen molar-refractivity contribution in [2.75, 3.05) is 6.61 Å². The van der Waals surface area contributed by atoms with Crippen molar-refractivity contribution >= 4 is 21.6 Å². The molecule has 2 rings (SSSR count). The van der Waals surface area contributed by atoms with Crippen molar-refractivity contribution in [1.82, 2.24) is 14.5 Å². The molecule has 9 heteroatoms. The van der Waals surface area contributed by atoms with E-state index in [2.05, 4.69) is 9.82 Å². The highest BCUT2D eigenvalue weighted by molar-refractivity contribution is 7.89. The molecule has 0 aliphatic rings. The lowest BCUT2D eigenvalue weighted by molar-refractivity contribution is 0.256. The summed E-state index contributed by atoms with van der Waals surface area (Å²) < 4.78 is 41.7. The molecule has 1 heterocycles. The van der Waals surface area contributed by atoms with Gasteiger partial charge in [0.2, 0.25) is 10.0 Å². The van der Waals surface area contributed by atoms with Gasteiger partial charge >= 0.3 is 0 Å². The highest BCUT2D eigenvalue weighted by Crippen LogP contribution is 2.18. The molecule has 1 atom stereocenters. The van der Waals surface area contributed by atoms with E-state index in [0.717, 1.165) is 23.8 Å². The average Bonchev–Trinajstić information content (AvgIpc) is 2.82. The van der Waals surface area contributed by atoms with Gasteiger partial charge in [0.1, 0.15) is 5.82 Å². The summed E-state index contributed by atoms with van der Waals surface area (Å²) in [7, 11) is -2.26. The first-order valence-corrected chi connectivity index (χ1v) is 8.23. The van der Waals surface area contributed by atoms with Gasteiger partial charge in [0, 0.05) is 24.3 Å². The summed E-state index contributed by atoms with van der Waals surface area (Å²) in [6, 6.07) is 2.27. The van der Waals surface area contributed by atoms with Gasteiger partial charge in [-0.1, -0.05) is 11.6 Å². The molecule has 0 saturated carbocycles. The van der Waals surface area contributed by atoms with Gasteiger partial charge in [-0.25, -0.2) is 17.5 Å². The molecule has 0 fully saturated rings. The molecule has 0 aliphatic heterocycles. The number of sulfonamides is 1. The standard InChI is InChI=1S/C13H15ClFN3O3S/c1-18-7-9(6-16-18)2-12(8-19)17-22(20,21)13-4-10(14)3-11(15)5-13/h3-7,12,17,19H,2,8H2,1H3/t12-/m1/s1. The molecule has 0 radical (unpaired) electrons. The van der Waals surface area contributed by atoms with Crippen LogP contribution >= 0.6 is 11.6 Å². The third kappa shape index (κ3) is 4.26. The van der Waals surface area contributed by atoms with E-state index in [1.54, 1.807) is 24.1 Å². The van der Waals surface area contributed by atoms with E-state index in [9.17, 15) is 17.9 Å². The van der Waals surface area contributed by atoms with E-state index in [1.807, 2.05) is 0 Å². The Morgan fingerprint density at radius 1 is 1.45 bits per heavy atom. The summed E-state index contributed by atoms with van der Waals surface area (Å²) in [5.74, 6) is -0.749. The monoisotopic (exact) mass is 347 g/mol. The molecule has 0 unspecified atom stereocenters. The zero-order chi connectivity index (χ0) is 16.3. The highest BCUT2D eigenvalue weighted by atomic mass is 35.5. The number of aliphatic hydroxyl groups excluding tert-OH is 1. The van der Waals surface area contributed by atoms with Crippen molar-refractivity contribution in [3.05, 3.63) is 47.0 Å². The number of halogens is 2. The lowest BCUT2D eigenvalue weighted by Crippen LogP contribution is -2.39. The minimum Gasteiger partial charge on any atom is -0.395 e. The van der Waals surface area contributed by atoms with Gasteiger partial charge in [-0.15, -0.1) is 0 Å². The molecule has 1 aromatic carbocycles. The zero-order valence-corrected chi connectivity index (χ0v) is 13.3. The first-order valence-electron chi connectivity index (χ1n) is 6.37. The lowest BCUT2D eigenvalue weighted by Gasteiger charge is -2.16. The van der Waals surface area contributed by atoms with Gasteiger partial charge in [-0.3, -0.25) is 4.68 Å². The number of nitrogens with zero attached hydrogens (tertiary/aromatic N) is 2. The first-order chi connectivity index (χ1) is 10.3. The summed E-state index contributed by atoms with van der Waals surface area (Å²) in [6.07, 6.45) is 3.55. The molecule has 2 aromatic rings. The number of aliphatic hydroxyl groups is 1. The fraction of sp³-hybridized carbons (Fsp3) is 0.308. The van der Waals surface area contributed by atoms with Crippen LogP contribution in [0.5, 0.6) is 0 Å². The van der Waals surface area contributed by atoms with Crippen molar-refractivity contribution in [3.8, 4) is 0 Å². The summed E-state index contributed by atoms with van der Waals surface area (Å²) >= 11 is 5.67. The number of benzene rings is 1. The Kier molecular flexibility index (Phi) is 5.17. The Labute approximate surface area is 132 Å². The van der Waals surface area contributed by atoms with Gasteiger partial charge in [0.25, 0.3) is 0 Å². The minimum absolute atomic E-state index is 0.0202. The Morgan fingerprint density at radius 2 is 2.18 bits per heavy atom. The second-order valence-electron chi connectivity index (χ2n) is 4.83. The number of rotatable bonds is 6. The van der Waals surface area contributed by atoms with Crippen molar-refractivity contribution in [1.29, 1.82) is 0 Å². The van der Waals surface area contributed by atoms with Gasteiger partial charge in [-0.05, 0) is 30.2 Å². The van der Waals surface area contributed by atoms with Crippen molar-refractivity contribution < 1.29 is 17.9 Å². The Morgan fingerprint density at radius 3 is 2.73 bits per heavy atom. The third-order valence-electron chi connectivity index (χ3n) is 2.93. The van der Waals surface area contributed by atoms with Gasteiger partial charge in [-0.2, -0.15) is 5.10 Å². The quantitative estimate of drug-likeness (QED) is 0.819. The topological polar surface area (TPSA) is 84.2 Å². The summed E-state index contributed by atoms with van der Waals surface area (Å²) in [4.78, 5) is -0.290. The van der Waals surface area contributed by atoms with E-state index >= 15 is 0 Å². The SMILES string of the molecule is Cn1cc(C[C@H](CO)NS(=O)(=O)c2cc(F)cc(Cl)c2)cn1. The van der Waals surface area contributed by atoms with E-state index in [1.165, 1.54) is 0 Å². The van der Waals surface area contributed by atoms with E-state index in [-0.39, 0.29) is 16.3 Å². The maximum atomic E-state index is 13.3. The van der Waals surface area contributed by atoms with Crippen molar-refractivity contribution in [2.24, 2.45) is 7.05 Å². The molecule has 1 aromatic heterocycles. The Balaban J connectivity index is 2.18. The minimum atomic E-state index is -3.99. The number of hydrogen-bond acceptors (Lipinski definition) is 4. The fourth-order valence-electron chi connectivity index (χ4n) is 1.98. The molecule has 0 saturated heterocycles. The molecular weight excluding hydrogens is 333 g/mol. The molecular formula is C13H15ClFN3O3S. The number of aromatic nitrogens is 2. The van der Waals surface area contributed by atoms with Gasteiger partial charge < -0.3 is 5.11 Å². The zero-order valence-electron chi connectivity index (χ0n) is 11.7. The fourth-order valence-corrected chi connectivity index (χ4v) is 3.55. The number of aryl methyl sites for hydroxylation is 1. The molecule has 0 bridgehead atoms. The normalized spacial score (nSPS) is 13.3. The maximum absolute atomic E-state index is 13.3. The van der Waals surface area contributed by atoms with Crippen molar-refractivity contribution in [2.45, 2.75) is 17.4 Å². The van der Waals surface area contributed by atoms with Crippen LogP contribution in [-0.2, 0) is 23.5 Å². The molecule has 0 amide bonds. The Bertz CT molecular complexity index is 743. The molecule has 0 spiro atoms. The molecule has 6 nitrogen and oxygen atoms in total. The van der Waals surface area contributed by atoms with Gasteiger partial charge in [0.15, 0.2) is 0 Å². The van der Waals surface area contributed by atoms with Crippen LogP contribution in [0, 0.1) is 5.82 Å². The summed E-state index contributed by atoms with van der Waals surface area (Å²) in [6.45, 7) is -0.406. The average molecular weight is 348 g/mol. The van der Waals surface area contributed by atoms with Crippen LogP contribution in [0.3, 0.4) is 0 Å². The van der Waals surface area contributed by atoms with E-state index < -0.39 is 28.5 Å². The third-order valence-corrected chi connectivity index (χ3v) is 4.65. The van der Waals surface area contributed by atoms with Crippen LogP contribution in [0.1, 0.15) is 5.56 Å². The lowest BCUT2D eigenvalue weighted by atomic mass is 10.1. The first kappa shape index (κ1) is 16.9. The second-order valence-corrected chi connectivity index (χ2v) is 6.98. The Hall–Kier alpha value is -1.48. The van der Waals surface area contributed by atoms with Gasteiger partial charge in [0.05, 0.1) is 17.7 Å². The largest absolute Gasteiger partial charge is 0.395 e. The van der Waals surface area contributed by atoms with E-state index in [4.69, 9.17) is 11.6 Å². The molecule has 0 aliphatic carbocycles. The van der Waals surface area contributed by atoms with Crippen LogP contribution in [0.2, 0.25) is 5.02 Å². The van der Waals surface area contributed by atoms with Crippen LogP contribution in [0.25, 0.3) is 0 Å². The predicted octanol–water partition coefficient (Wildman–Crippen LogP) is 1.09. The smallest absolute Gasteiger partial charge is 0.241 e. The summed E-state index contributed by atoms with van der Waals surface area (Å²) in [5, 5.41) is 13.3. The predicted molar refractivity (Wildman–Crippen MR) is 79.5 cm³/mol.